The van der Waals surface area contributed by atoms with Crippen LogP contribution < -0.4 is 15.6 Å². The van der Waals surface area contributed by atoms with Gasteiger partial charge >= 0.3 is 6.01 Å². The SMILES string of the molecule is COc1cc2nc(NC(=O)Cn3cnc4ccn(C)c(=O)c43)oc2cc1F. The van der Waals surface area contributed by atoms with Gasteiger partial charge in [0, 0.05) is 25.4 Å². The monoisotopic (exact) mass is 371 g/mol. The molecule has 3 aromatic heterocycles. The Kier molecular flexibility index (Phi) is 3.87. The lowest BCUT2D eigenvalue weighted by Crippen LogP contribution is -2.23. The van der Waals surface area contributed by atoms with Crippen LogP contribution in [0.15, 0.2) is 39.9 Å². The Hall–Kier alpha value is -3.69. The predicted molar refractivity (Wildman–Crippen MR) is 94.1 cm³/mol. The Morgan fingerprint density at radius 3 is 2.96 bits per heavy atom. The summed E-state index contributed by atoms with van der Waals surface area (Å²) in [6, 6.07) is 4.11. The first-order valence-corrected chi connectivity index (χ1v) is 7.90. The molecular formula is C17H14FN5O4. The number of carbonyl (C=O) groups excluding carboxylic acids is 1. The van der Waals surface area contributed by atoms with Crippen LogP contribution in [0.5, 0.6) is 5.75 Å². The molecule has 1 N–H and O–H groups in total. The third-order valence-corrected chi connectivity index (χ3v) is 4.07. The number of amides is 1. The van der Waals surface area contributed by atoms with Gasteiger partial charge in [0.15, 0.2) is 17.1 Å². The molecule has 27 heavy (non-hydrogen) atoms. The van der Waals surface area contributed by atoms with Crippen molar-refractivity contribution in [2.24, 2.45) is 7.05 Å². The summed E-state index contributed by atoms with van der Waals surface area (Å²) >= 11 is 0. The molecule has 0 fully saturated rings. The van der Waals surface area contributed by atoms with E-state index in [1.165, 1.54) is 28.6 Å². The average Bonchev–Trinajstić information content (AvgIpc) is 3.20. The number of halogens is 1. The van der Waals surface area contributed by atoms with Crippen molar-refractivity contribution in [3.05, 3.63) is 46.9 Å². The zero-order valence-electron chi connectivity index (χ0n) is 14.4. The number of fused-ring (bicyclic) bond motifs is 2. The highest BCUT2D eigenvalue weighted by atomic mass is 19.1. The molecule has 3 heterocycles. The van der Waals surface area contributed by atoms with Crippen LogP contribution in [0, 0.1) is 5.82 Å². The number of pyridine rings is 1. The molecule has 0 bridgehead atoms. The van der Waals surface area contributed by atoms with Gasteiger partial charge in [0.25, 0.3) is 5.56 Å². The molecule has 0 aliphatic heterocycles. The summed E-state index contributed by atoms with van der Waals surface area (Å²) in [6.45, 7) is -0.161. The van der Waals surface area contributed by atoms with Crippen LogP contribution in [-0.4, -0.2) is 32.1 Å². The Balaban J connectivity index is 1.59. The quantitative estimate of drug-likeness (QED) is 0.585. The number of ether oxygens (including phenoxy) is 1. The highest BCUT2D eigenvalue weighted by Crippen LogP contribution is 2.26. The number of hydrogen-bond acceptors (Lipinski definition) is 6. The molecule has 4 rings (SSSR count). The maximum absolute atomic E-state index is 13.7. The lowest BCUT2D eigenvalue weighted by Gasteiger charge is -2.04. The van der Waals surface area contributed by atoms with Crippen molar-refractivity contribution in [3.63, 3.8) is 0 Å². The van der Waals surface area contributed by atoms with E-state index in [0.29, 0.717) is 16.6 Å². The van der Waals surface area contributed by atoms with Gasteiger partial charge in [0.1, 0.15) is 17.6 Å². The molecule has 0 saturated carbocycles. The number of oxazole rings is 1. The molecule has 0 radical (unpaired) electrons. The number of carbonyl (C=O) groups is 1. The second-order valence-electron chi connectivity index (χ2n) is 5.86. The Morgan fingerprint density at radius 2 is 2.19 bits per heavy atom. The fraction of sp³-hybridized carbons (Fsp3) is 0.176. The first kappa shape index (κ1) is 16.8. The Morgan fingerprint density at radius 1 is 1.37 bits per heavy atom. The van der Waals surface area contributed by atoms with Crippen molar-refractivity contribution in [2.45, 2.75) is 6.54 Å². The minimum Gasteiger partial charge on any atom is -0.494 e. The molecule has 1 aromatic carbocycles. The number of imidazole rings is 1. The van der Waals surface area contributed by atoms with E-state index in [-0.39, 0.29) is 29.5 Å². The number of anilines is 1. The minimum atomic E-state index is -0.597. The van der Waals surface area contributed by atoms with Crippen LogP contribution in [0.4, 0.5) is 10.4 Å². The minimum absolute atomic E-state index is 0.0226. The zero-order chi connectivity index (χ0) is 19.1. The number of hydrogen-bond donors (Lipinski definition) is 1. The second-order valence-corrected chi connectivity index (χ2v) is 5.86. The van der Waals surface area contributed by atoms with Crippen molar-refractivity contribution in [1.82, 2.24) is 19.1 Å². The van der Waals surface area contributed by atoms with Gasteiger partial charge < -0.3 is 18.3 Å². The largest absolute Gasteiger partial charge is 0.494 e. The zero-order valence-corrected chi connectivity index (χ0v) is 14.4. The summed E-state index contributed by atoms with van der Waals surface area (Å²) < 4.78 is 26.8. The fourth-order valence-corrected chi connectivity index (χ4v) is 2.74. The Labute approximate surface area is 151 Å². The van der Waals surface area contributed by atoms with Crippen LogP contribution in [-0.2, 0) is 18.4 Å². The van der Waals surface area contributed by atoms with Crippen LogP contribution >= 0.6 is 0 Å². The number of aryl methyl sites for hydroxylation is 1. The van der Waals surface area contributed by atoms with Crippen LogP contribution in [0.1, 0.15) is 0 Å². The summed E-state index contributed by atoms with van der Waals surface area (Å²) in [5.41, 5.74) is 1.06. The number of benzene rings is 1. The Bertz CT molecular complexity index is 1240. The van der Waals surface area contributed by atoms with E-state index in [9.17, 15) is 14.0 Å². The van der Waals surface area contributed by atoms with Crippen molar-refractivity contribution in [2.75, 3.05) is 12.4 Å². The van der Waals surface area contributed by atoms with Gasteiger partial charge in [-0.05, 0) is 6.07 Å². The number of methoxy groups -OCH3 is 1. The lowest BCUT2D eigenvalue weighted by atomic mass is 10.3. The van der Waals surface area contributed by atoms with E-state index >= 15 is 0 Å². The molecule has 0 unspecified atom stereocenters. The average molecular weight is 371 g/mol. The van der Waals surface area contributed by atoms with Crippen molar-refractivity contribution < 1.29 is 18.3 Å². The number of nitrogens with zero attached hydrogens (tertiary/aromatic N) is 4. The third-order valence-electron chi connectivity index (χ3n) is 4.07. The number of rotatable bonds is 4. The van der Waals surface area contributed by atoms with E-state index in [1.54, 1.807) is 19.3 Å². The smallest absolute Gasteiger partial charge is 0.302 e. The van der Waals surface area contributed by atoms with Gasteiger partial charge in [-0.15, -0.1) is 0 Å². The summed E-state index contributed by atoms with van der Waals surface area (Å²) in [6.07, 6.45) is 3.02. The molecule has 0 atom stereocenters. The topological polar surface area (TPSA) is 104 Å². The molecule has 0 aliphatic carbocycles. The first-order valence-electron chi connectivity index (χ1n) is 7.90. The molecule has 138 valence electrons. The van der Waals surface area contributed by atoms with Crippen molar-refractivity contribution >= 4 is 34.1 Å². The maximum atomic E-state index is 13.7. The fourth-order valence-electron chi connectivity index (χ4n) is 2.74. The highest BCUT2D eigenvalue weighted by molar-refractivity contribution is 5.91. The van der Waals surface area contributed by atoms with E-state index in [1.807, 2.05) is 0 Å². The summed E-state index contributed by atoms with van der Waals surface area (Å²) in [5.74, 6) is -1.05. The number of nitrogens with one attached hydrogen (secondary N) is 1. The molecule has 0 spiro atoms. The van der Waals surface area contributed by atoms with Crippen LogP contribution in [0.25, 0.3) is 22.1 Å². The van der Waals surface area contributed by atoms with E-state index in [2.05, 4.69) is 15.3 Å². The van der Waals surface area contributed by atoms with Crippen LogP contribution in [0.3, 0.4) is 0 Å². The van der Waals surface area contributed by atoms with Crippen molar-refractivity contribution in [3.8, 4) is 5.75 Å². The first-order chi connectivity index (χ1) is 13.0. The molecule has 9 nitrogen and oxygen atoms in total. The molecule has 4 aromatic rings. The second kappa shape index (κ2) is 6.24. The number of aromatic nitrogens is 4. The molecule has 0 aliphatic rings. The van der Waals surface area contributed by atoms with Gasteiger partial charge in [-0.1, -0.05) is 0 Å². The van der Waals surface area contributed by atoms with Gasteiger partial charge in [-0.2, -0.15) is 4.98 Å². The summed E-state index contributed by atoms with van der Waals surface area (Å²) in [7, 11) is 2.96. The molecule has 1 amide bonds. The van der Waals surface area contributed by atoms with Gasteiger partial charge in [-0.3, -0.25) is 14.9 Å². The molecular weight excluding hydrogens is 357 g/mol. The summed E-state index contributed by atoms with van der Waals surface area (Å²) in [4.78, 5) is 32.8. The normalized spacial score (nSPS) is 11.2. The van der Waals surface area contributed by atoms with Gasteiger partial charge in [-0.25, -0.2) is 9.37 Å². The standard InChI is InChI=1S/C17H14FN5O4/c1-22-4-3-10-15(16(22)25)23(8-19-10)7-14(24)21-17-20-11-6-12(26-2)9(18)5-13(11)27-17/h3-6,8H,7H2,1-2H3,(H,20,21,24). The molecule has 10 heteroatoms. The van der Waals surface area contributed by atoms with Crippen molar-refractivity contribution in [1.29, 1.82) is 0 Å². The predicted octanol–water partition coefficient (Wildman–Crippen LogP) is 1.66. The van der Waals surface area contributed by atoms with E-state index in [0.717, 1.165) is 6.07 Å². The molecule has 0 saturated heterocycles. The van der Waals surface area contributed by atoms with E-state index in [4.69, 9.17) is 9.15 Å². The van der Waals surface area contributed by atoms with Gasteiger partial charge in [0.05, 0.1) is 19.0 Å². The van der Waals surface area contributed by atoms with E-state index < -0.39 is 11.7 Å². The van der Waals surface area contributed by atoms with Gasteiger partial charge in [0.2, 0.25) is 5.91 Å². The summed E-state index contributed by atoms with van der Waals surface area (Å²) in [5, 5.41) is 2.49. The third kappa shape index (κ3) is 2.90. The highest BCUT2D eigenvalue weighted by Gasteiger charge is 2.15. The van der Waals surface area contributed by atoms with Crippen LogP contribution in [0.2, 0.25) is 0 Å². The maximum Gasteiger partial charge on any atom is 0.302 e. The lowest BCUT2D eigenvalue weighted by molar-refractivity contribution is -0.116.